The maximum Gasteiger partial charge on any atom is 0.416 e. The summed E-state index contributed by atoms with van der Waals surface area (Å²) in [4.78, 5) is 14.0. The molecular weight excluding hydrogens is 528 g/mol. The minimum atomic E-state index is -4.46. The predicted octanol–water partition coefficient (Wildman–Crippen LogP) is 9.17. The van der Waals surface area contributed by atoms with E-state index in [2.05, 4.69) is 13.8 Å². The molecule has 0 aromatic heterocycles. The van der Waals surface area contributed by atoms with E-state index in [1.807, 2.05) is 36.9 Å². The van der Waals surface area contributed by atoms with Crippen molar-refractivity contribution in [1.29, 1.82) is 0 Å². The van der Waals surface area contributed by atoms with E-state index in [9.17, 15) is 31.1 Å². The molecule has 0 saturated heterocycles. The summed E-state index contributed by atoms with van der Waals surface area (Å²) >= 11 is 0. The molecule has 1 atom stereocenters. The molecule has 1 unspecified atom stereocenters. The Hall–Kier alpha value is -3.13. The van der Waals surface area contributed by atoms with E-state index in [1.165, 1.54) is 12.1 Å². The largest absolute Gasteiger partial charge is 0.416 e. The van der Waals surface area contributed by atoms with Gasteiger partial charge in [0, 0.05) is 19.0 Å². The Balaban J connectivity index is 2.03. The monoisotopic (exact) mass is 563 g/mol. The van der Waals surface area contributed by atoms with Crippen molar-refractivity contribution in [3.05, 3.63) is 94.3 Å². The number of hydrogen-bond acceptors (Lipinski definition) is 2. The van der Waals surface area contributed by atoms with Crippen LogP contribution in [-0.4, -0.2) is 17.7 Å². The van der Waals surface area contributed by atoms with Crippen LogP contribution in [0, 0.1) is 29.3 Å². The summed E-state index contributed by atoms with van der Waals surface area (Å²) in [5.74, 6) is -3.85. The molecule has 3 rings (SSSR count). The molecule has 0 N–H and O–H groups in total. The fourth-order valence-electron chi connectivity index (χ4n) is 4.69. The quantitative estimate of drug-likeness (QED) is 0.124. The third kappa shape index (κ3) is 8.68. The molecule has 0 heterocycles. The Morgan fingerprint density at radius 1 is 0.775 bits per heavy atom. The van der Waals surface area contributed by atoms with Crippen LogP contribution in [0.1, 0.15) is 68.7 Å². The van der Waals surface area contributed by atoms with Crippen LogP contribution in [0.4, 0.5) is 26.3 Å². The molecular formula is C32H35F6NO. The first kappa shape index (κ1) is 31.4. The van der Waals surface area contributed by atoms with Crippen LogP contribution in [0.3, 0.4) is 0 Å². The number of carbonyl (C=O) groups excluding carboxylic acids is 1. The molecule has 40 heavy (non-hydrogen) atoms. The van der Waals surface area contributed by atoms with Crippen LogP contribution < -0.4 is 0 Å². The predicted molar refractivity (Wildman–Crippen MR) is 145 cm³/mol. The van der Waals surface area contributed by atoms with Gasteiger partial charge in [-0.1, -0.05) is 52.0 Å². The number of rotatable bonds is 12. The summed E-state index contributed by atoms with van der Waals surface area (Å²) in [7, 11) is 0. The van der Waals surface area contributed by atoms with Crippen LogP contribution in [0.5, 0.6) is 0 Å². The van der Waals surface area contributed by atoms with Gasteiger partial charge < -0.3 is 4.79 Å². The van der Waals surface area contributed by atoms with E-state index in [-0.39, 0.29) is 18.0 Å². The molecule has 0 aliphatic carbocycles. The number of hydrogen-bond donors (Lipinski definition) is 0. The van der Waals surface area contributed by atoms with E-state index in [0.717, 1.165) is 48.1 Å². The summed E-state index contributed by atoms with van der Waals surface area (Å²) < 4.78 is 80.8. The van der Waals surface area contributed by atoms with Gasteiger partial charge in [-0.25, -0.2) is 13.2 Å². The Morgan fingerprint density at radius 2 is 1.35 bits per heavy atom. The third-order valence-corrected chi connectivity index (χ3v) is 6.76. The summed E-state index contributed by atoms with van der Waals surface area (Å²) in [6.45, 7) is 9.21. The SMILES string of the molecule is CC(C)CCN(Cc1cc(-c2ccc(C(F)(F)F)cc2)cc(C(C=O)CC(C)C)c1)Cc1cc(F)c(F)c(F)c1. The molecule has 0 radical (unpaired) electrons. The molecule has 2 nitrogen and oxygen atoms in total. The van der Waals surface area contributed by atoms with Gasteiger partial charge in [0.05, 0.1) is 5.56 Å². The van der Waals surface area contributed by atoms with Gasteiger partial charge in [0.25, 0.3) is 0 Å². The standard InChI is InChI=1S/C32H35F6NO/c1-20(2)9-10-39(18-23-14-29(33)31(35)30(34)15-23)17-22-12-25(16-26(13-22)27(19-40)11-21(3)4)24-5-7-28(8-6-24)32(36,37)38/h5-8,12-16,19-21,27H,9-11,17-18H2,1-4H3. The molecule has 8 heteroatoms. The number of benzene rings is 3. The lowest BCUT2D eigenvalue weighted by Crippen LogP contribution is -2.25. The second-order valence-electron chi connectivity index (χ2n) is 11.2. The first-order chi connectivity index (χ1) is 18.8. The minimum Gasteiger partial charge on any atom is -0.303 e. The highest BCUT2D eigenvalue weighted by atomic mass is 19.4. The van der Waals surface area contributed by atoms with Crippen LogP contribution in [-0.2, 0) is 24.1 Å². The minimum absolute atomic E-state index is 0.157. The van der Waals surface area contributed by atoms with Crippen LogP contribution in [0.2, 0.25) is 0 Å². The van der Waals surface area contributed by atoms with Crippen molar-refractivity contribution in [2.24, 2.45) is 11.8 Å². The molecule has 0 aliphatic heterocycles. The van der Waals surface area contributed by atoms with Crippen LogP contribution >= 0.6 is 0 Å². The van der Waals surface area contributed by atoms with Gasteiger partial charge in [0.2, 0.25) is 0 Å². The van der Waals surface area contributed by atoms with E-state index >= 15 is 0 Å². The molecule has 3 aromatic carbocycles. The lowest BCUT2D eigenvalue weighted by atomic mass is 9.88. The zero-order valence-electron chi connectivity index (χ0n) is 23.2. The number of nitrogens with zero attached hydrogens (tertiary/aromatic N) is 1. The first-order valence-electron chi connectivity index (χ1n) is 13.4. The van der Waals surface area contributed by atoms with Gasteiger partial charge in [-0.05, 0) is 89.4 Å². The molecule has 0 aliphatic rings. The third-order valence-electron chi connectivity index (χ3n) is 6.76. The maximum atomic E-state index is 13.9. The number of alkyl halides is 3. The van der Waals surface area contributed by atoms with Crippen LogP contribution in [0.15, 0.2) is 54.6 Å². The van der Waals surface area contributed by atoms with E-state index < -0.39 is 35.1 Å². The first-order valence-corrected chi connectivity index (χ1v) is 13.4. The molecule has 0 amide bonds. The lowest BCUT2D eigenvalue weighted by Gasteiger charge is -2.25. The zero-order valence-corrected chi connectivity index (χ0v) is 23.2. The second-order valence-corrected chi connectivity index (χ2v) is 11.2. The average molecular weight is 564 g/mol. The molecule has 0 spiro atoms. The Morgan fingerprint density at radius 3 is 1.85 bits per heavy atom. The second kappa shape index (κ2) is 13.5. The normalized spacial score (nSPS) is 12.9. The van der Waals surface area contributed by atoms with Gasteiger partial charge in [-0.3, -0.25) is 4.90 Å². The average Bonchev–Trinajstić information content (AvgIpc) is 2.88. The highest BCUT2D eigenvalue weighted by Crippen LogP contribution is 2.33. The highest BCUT2D eigenvalue weighted by Gasteiger charge is 2.30. The smallest absolute Gasteiger partial charge is 0.303 e. The maximum absolute atomic E-state index is 13.9. The zero-order chi connectivity index (χ0) is 29.6. The van der Waals surface area contributed by atoms with E-state index in [1.54, 1.807) is 0 Å². The van der Waals surface area contributed by atoms with Crippen LogP contribution in [0.25, 0.3) is 11.1 Å². The molecule has 216 valence electrons. The van der Waals surface area contributed by atoms with Crippen molar-refractivity contribution < 1.29 is 31.1 Å². The number of carbonyl (C=O) groups is 1. The van der Waals surface area contributed by atoms with Gasteiger partial charge in [0.15, 0.2) is 17.5 Å². The van der Waals surface area contributed by atoms with Gasteiger partial charge in [0.1, 0.15) is 6.29 Å². The van der Waals surface area contributed by atoms with E-state index in [0.29, 0.717) is 36.6 Å². The number of aldehydes is 1. The van der Waals surface area contributed by atoms with E-state index in [4.69, 9.17) is 0 Å². The highest BCUT2D eigenvalue weighted by molar-refractivity contribution is 5.69. The number of halogens is 6. The Labute approximate surface area is 232 Å². The topological polar surface area (TPSA) is 20.3 Å². The summed E-state index contributed by atoms with van der Waals surface area (Å²) in [6.07, 6.45) is -2.18. The summed E-state index contributed by atoms with van der Waals surface area (Å²) in [5, 5.41) is 0. The Kier molecular flexibility index (Phi) is 10.6. The summed E-state index contributed by atoms with van der Waals surface area (Å²) in [5.41, 5.74) is 2.32. The fourth-order valence-corrected chi connectivity index (χ4v) is 4.69. The van der Waals surface area contributed by atoms with Crippen molar-refractivity contribution >= 4 is 6.29 Å². The van der Waals surface area contributed by atoms with Crippen molar-refractivity contribution in [2.45, 2.75) is 65.7 Å². The van der Waals surface area contributed by atoms with Crippen molar-refractivity contribution in [2.75, 3.05) is 6.54 Å². The van der Waals surface area contributed by atoms with Crippen molar-refractivity contribution in [3.8, 4) is 11.1 Å². The molecule has 3 aromatic rings. The lowest BCUT2D eigenvalue weighted by molar-refractivity contribution is -0.137. The molecule has 0 saturated carbocycles. The van der Waals surface area contributed by atoms with Gasteiger partial charge in [-0.15, -0.1) is 0 Å². The van der Waals surface area contributed by atoms with Crippen molar-refractivity contribution in [3.63, 3.8) is 0 Å². The molecule has 0 bridgehead atoms. The Bertz CT molecular complexity index is 1260. The fraction of sp³-hybridized carbons (Fsp3) is 0.406. The summed E-state index contributed by atoms with van der Waals surface area (Å²) in [6, 6.07) is 12.4. The molecule has 0 fully saturated rings. The van der Waals surface area contributed by atoms with Crippen molar-refractivity contribution in [1.82, 2.24) is 4.90 Å². The van der Waals surface area contributed by atoms with Gasteiger partial charge in [-0.2, -0.15) is 13.2 Å². The van der Waals surface area contributed by atoms with Gasteiger partial charge >= 0.3 is 6.18 Å².